The molecule has 1 aliphatic carbocycles. The molecule has 2 saturated heterocycles. The van der Waals surface area contributed by atoms with E-state index < -0.39 is 0 Å². The molecule has 3 heteroatoms. The van der Waals surface area contributed by atoms with Crippen LogP contribution in [0, 0.1) is 17.3 Å². The first-order valence-electron chi connectivity index (χ1n) is 8.13. The molecule has 1 spiro atoms. The first kappa shape index (κ1) is 13.4. The number of piperidine rings is 1. The van der Waals surface area contributed by atoms with Crippen LogP contribution in [0.1, 0.15) is 52.4 Å². The van der Waals surface area contributed by atoms with Crippen molar-refractivity contribution < 1.29 is 4.79 Å². The summed E-state index contributed by atoms with van der Waals surface area (Å²) in [6, 6.07) is 0.455. The second kappa shape index (κ2) is 5.08. The molecular weight excluding hydrogens is 236 g/mol. The first-order valence-corrected chi connectivity index (χ1v) is 8.13. The third-order valence-electron chi connectivity index (χ3n) is 5.73. The van der Waals surface area contributed by atoms with Crippen LogP contribution in [-0.4, -0.2) is 36.5 Å². The van der Waals surface area contributed by atoms with Gasteiger partial charge < -0.3 is 10.2 Å². The van der Waals surface area contributed by atoms with E-state index in [9.17, 15) is 4.79 Å². The van der Waals surface area contributed by atoms with Crippen molar-refractivity contribution in [2.75, 3.05) is 19.6 Å². The topological polar surface area (TPSA) is 32.3 Å². The average Bonchev–Trinajstić information content (AvgIpc) is 3.11. The number of carbonyl (C=O) groups excluding carboxylic acids is 1. The second-order valence-electron chi connectivity index (χ2n) is 7.24. The van der Waals surface area contributed by atoms with Crippen LogP contribution >= 0.6 is 0 Å². The second-order valence-corrected chi connectivity index (χ2v) is 7.24. The van der Waals surface area contributed by atoms with Gasteiger partial charge in [0.05, 0.1) is 0 Å². The van der Waals surface area contributed by atoms with Crippen molar-refractivity contribution >= 4 is 5.91 Å². The van der Waals surface area contributed by atoms with Crippen LogP contribution in [0.25, 0.3) is 0 Å². The molecule has 3 rings (SSSR count). The molecule has 0 aromatic rings. The minimum atomic E-state index is 0.349. The third-order valence-corrected chi connectivity index (χ3v) is 5.73. The molecule has 108 valence electrons. The lowest BCUT2D eigenvalue weighted by molar-refractivity contribution is -0.136. The number of amides is 1. The zero-order chi connectivity index (χ0) is 13.5. The Bertz CT molecular complexity index is 349. The number of nitrogens with one attached hydrogen (secondary N) is 1. The smallest absolute Gasteiger partial charge is 0.226 e. The van der Waals surface area contributed by atoms with Crippen LogP contribution in [0.15, 0.2) is 0 Å². The zero-order valence-electron chi connectivity index (χ0n) is 12.5. The van der Waals surface area contributed by atoms with Crippen molar-refractivity contribution in [2.24, 2.45) is 17.3 Å². The van der Waals surface area contributed by atoms with Crippen LogP contribution in [0.3, 0.4) is 0 Å². The summed E-state index contributed by atoms with van der Waals surface area (Å²) in [6.07, 6.45) is 7.34. The minimum Gasteiger partial charge on any atom is -0.339 e. The molecule has 3 atom stereocenters. The van der Waals surface area contributed by atoms with Crippen molar-refractivity contribution in [3.05, 3.63) is 0 Å². The zero-order valence-corrected chi connectivity index (χ0v) is 12.5. The maximum Gasteiger partial charge on any atom is 0.226 e. The number of hydrogen-bond acceptors (Lipinski definition) is 2. The van der Waals surface area contributed by atoms with Crippen molar-refractivity contribution in [3.63, 3.8) is 0 Å². The summed E-state index contributed by atoms with van der Waals surface area (Å²) in [5, 5.41) is 3.42. The third kappa shape index (κ3) is 2.54. The van der Waals surface area contributed by atoms with Crippen LogP contribution in [0.4, 0.5) is 0 Å². The fourth-order valence-electron chi connectivity index (χ4n) is 4.21. The van der Waals surface area contributed by atoms with Crippen LogP contribution < -0.4 is 5.32 Å². The number of rotatable bonds is 1. The van der Waals surface area contributed by atoms with Crippen molar-refractivity contribution in [3.8, 4) is 0 Å². The fraction of sp³-hybridized carbons (Fsp3) is 0.938. The van der Waals surface area contributed by atoms with Gasteiger partial charge in [-0.1, -0.05) is 13.3 Å². The van der Waals surface area contributed by atoms with Crippen molar-refractivity contribution in [2.45, 2.75) is 58.4 Å². The van der Waals surface area contributed by atoms with E-state index in [1.165, 1.54) is 32.1 Å². The maximum absolute atomic E-state index is 12.8. The lowest BCUT2D eigenvalue weighted by atomic mass is 9.91. The summed E-state index contributed by atoms with van der Waals surface area (Å²) in [5.41, 5.74) is 0.387. The fourth-order valence-corrected chi connectivity index (χ4v) is 4.21. The highest BCUT2D eigenvalue weighted by atomic mass is 16.2. The molecule has 0 radical (unpaired) electrons. The number of nitrogens with zero attached hydrogens (tertiary/aromatic N) is 1. The number of carbonyl (C=O) groups is 1. The molecular formula is C16H28N2O. The van der Waals surface area contributed by atoms with Crippen LogP contribution in [0.5, 0.6) is 0 Å². The Kier molecular flexibility index (Phi) is 3.59. The molecule has 3 nitrogen and oxygen atoms in total. The molecule has 2 aliphatic heterocycles. The van der Waals surface area contributed by atoms with Gasteiger partial charge in [-0.25, -0.2) is 0 Å². The molecule has 1 N–H and O–H groups in total. The van der Waals surface area contributed by atoms with Crippen LogP contribution in [0.2, 0.25) is 0 Å². The van der Waals surface area contributed by atoms with Gasteiger partial charge in [-0.2, -0.15) is 0 Å². The highest BCUT2D eigenvalue weighted by Gasteiger charge is 2.58. The summed E-state index contributed by atoms with van der Waals surface area (Å²) < 4.78 is 0. The van der Waals surface area contributed by atoms with Gasteiger partial charge in [0.25, 0.3) is 0 Å². The van der Waals surface area contributed by atoms with Gasteiger partial charge in [-0.3, -0.25) is 4.79 Å². The molecule has 0 aromatic heterocycles. The van der Waals surface area contributed by atoms with E-state index in [4.69, 9.17) is 0 Å². The Hall–Kier alpha value is -0.570. The lowest BCUT2D eigenvalue weighted by Gasteiger charge is -2.31. The highest BCUT2D eigenvalue weighted by Crippen LogP contribution is 2.59. The predicted octanol–water partition coefficient (Wildman–Crippen LogP) is 2.41. The quantitative estimate of drug-likeness (QED) is 0.789. The normalized spacial score (nSPS) is 38.0. The largest absolute Gasteiger partial charge is 0.339 e. The number of hydrogen-bond donors (Lipinski definition) is 1. The summed E-state index contributed by atoms with van der Waals surface area (Å²) in [4.78, 5) is 15.1. The Morgan fingerprint density at radius 2 is 1.95 bits per heavy atom. The van der Waals surface area contributed by atoms with Gasteiger partial charge in [0.2, 0.25) is 5.91 Å². The van der Waals surface area contributed by atoms with Gasteiger partial charge in [-0.05, 0) is 63.5 Å². The van der Waals surface area contributed by atoms with E-state index in [2.05, 4.69) is 24.1 Å². The monoisotopic (exact) mass is 264 g/mol. The Balaban J connectivity index is 1.66. The van der Waals surface area contributed by atoms with E-state index in [-0.39, 0.29) is 0 Å². The summed E-state index contributed by atoms with van der Waals surface area (Å²) in [6.45, 7) is 7.75. The van der Waals surface area contributed by atoms with Crippen molar-refractivity contribution in [1.82, 2.24) is 10.2 Å². The van der Waals surface area contributed by atoms with Gasteiger partial charge in [0.15, 0.2) is 0 Å². The van der Waals surface area contributed by atoms with Crippen LogP contribution in [-0.2, 0) is 4.79 Å². The molecule has 0 bridgehead atoms. The molecule has 19 heavy (non-hydrogen) atoms. The summed E-state index contributed by atoms with van der Waals surface area (Å²) in [7, 11) is 0. The van der Waals surface area contributed by atoms with Crippen molar-refractivity contribution in [1.29, 1.82) is 0 Å². The lowest BCUT2D eigenvalue weighted by Crippen LogP contribution is -2.42. The summed E-state index contributed by atoms with van der Waals surface area (Å²) in [5.74, 6) is 1.50. The molecule has 3 unspecified atom stereocenters. The standard InChI is InChI=1S/C16H28N2O/c1-12-4-3-5-13(2)18(11-12)15(19)14-10-16(14)6-8-17-9-7-16/h12-14,17H,3-11H2,1-2H3. The van der Waals surface area contributed by atoms with E-state index >= 15 is 0 Å². The van der Waals surface area contributed by atoms with E-state index in [1.54, 1.807) is 0 Å². The first-order chi connectivity index (χ1) is 9.12. The van der Waals surface area contributed by atoms with Gasteiger partial charge in [-0.15, -0.1) is 0 Å². The van der Waals surface area contributed by atoms with E-state index in [0.717, 1.165) is 26.1 Å². The Labute approximate surface area is 117 Å². The molecule has 3 fully saturated rings. The number of likely N-dealkylation sites (tertiary alicyclic amines) is 1. The SMILES string of the molecule is CC1CCCC(C)N(C(=O)C2CC23CCNCC3)C1. The molecule has 2 heterocycles. The minimum absolute atomic E-state index is 0.349. The predicted molar refractivity (Wildman–Crippen MR) is 76.8 cm³/mol. The van der Waals surface area contributed by atoms with Gasteiger partial charge in [0, 0.05) is 18.5 Å². The Morgan fingerprint density at radius 3 is 2.68 bits per heavy atom. The Morgan fingerprint density at radius 1 is 1.21 bits per heavy atom. The molecule has 3 aliphatic rings. The van der Waals surface area contributed by atoms with Gasteiger partial charge >= 0.3 is 0 Å². The molecule has 1 amide bonds. The summed E-state index contributed by atoms with van der Waals surface area (Å²) >= 11 is 0. The molecule has 1 saturated carbocycles. The maximum atomic E-state index is 12.8. The average molecular weight is 264 g/mol. The van der Waals surface area contributed by atoms with E-state index in [0.29, 0.717) is 29.2 Å². The highest BCUT2D eigenvalue weighted by molar-refractivity contribution is 5.83. The molecule has 0 aromatic carbocycles. The van der Waals surface area contributed by atoms with E-state index in [1.807, 2.05) is 0 Å². The van der Waals surface area contributed by atoms with Gasteiger partial charge in [0.1, 0.15) is 0 Å².